The van der Waals surface area contributed by atoms with Gasteiger partial charge in [0, 0.05) is 5.02 Å². The maximum Gasteiger partial charge on any atom is 0.260 e. The summed E-state index contributed by atoms with van der Waals surface area (Å²) in [5.41, 5.74) is 1.19. The summed E-state index contributed by atoms with van der Waals surface area (Å²) < 4.78 is 5.52. The van der Waals surface area contributed by atoms with Gasteiger partial charge < -0.3 is 9.64 Å². The van der Waals surface area contributed by atoms with Crippen LogP contribution in [-0.2, 0) is 21.0 Å². The summed E-state index contributed by atoms with van der Waals surface area (Å²) in [7, 11) is 0. The van der Waals surface area contributed by atoms with Crippen molar-refractivity contribution in [2.45, 2.75) is 38.2 Å². The second-order valence-corrected chi connectivity index (χ2v) is 9.73. The van der Waals surface area contributed by atoms with Gasteiger partial charge in [-0.25, -0.2) is 5.06 Å². The zero-order valence-corrected chi connectivity index (χ0v) is 20.3. The molecule has 0 aliphatic carbocycles. The van der Waals surface area contributed by atoms with Gasteiger partial charge in [0.05, 0.1) is 30.3 Å². The predicted molar refractivity (Wildman–Crippen MR) is 126 cm³/mol. The summed E-state index contributed by atoms with van der Waals surface area (Å²) in [6, 6.07) is 14.7. The molecule has 32 heavy (non-hydrogen) atoms. The molecule has 1 saturated heterocycles. The Morgan fingerprint density at radius 2 is 1.81 bits per heavy atom. The molecule has 0 radical (unpaired) electrons. The van der Waals surface area contributed by atoms with Crippen LogP contribution in [0.1, 0.15) is 26.3 Å². The lowest BCUT2D eigenvalue weighted by atomic mass is 9.95. The third-order valence-corrected chi connectivity index (χ3v) is 5.87. The van der Waals surface area contributed by atoms with Crippen molar-refractivity contribution in [1.82, 2.24) is 5.06 Å². The van der Waals surface area contributed by atoms with E-state index in [1.165, 1.54) is 5.06 Å². The van der Waals surface area contributed by atoms with Gasteiger partial charge in [-0.05, 0) is 44.5 Å². The number of nitrogens with zero attached hydrogens (tertiary/aromatic N) is 2. The fourth-order valence-corrected chi connectivity index (χ4v) is 3.74. The Hall–Kier alpha value is -1.99. The largest absolute Gasteiger partial charge is 0.489 e. The molecule has 0 N–H and O–H groups in total. The highest BCUT2D eigenvalue weighted by molar-refractivity contribution is 6.54. The molecule has 4 rings (SSSR count). The molecule has 1 unspecified atom stereocenters. The number of benzene rings is 2. The van der Waals surface area contributed by atoms with Crippen LogP contribution in [0.4, 0.5) is 5.69 Å². The first-order valence-electron chi connectivity index (χ1n) is 10.1. The van der Waals surface area contributed by atoms with Crippen LogP contribution in [0.5, 0.6) is 5.75 Å². The number of fused-ring (bicyclic) bond motifs is 1. The lowest BCUT2D eigenvalue weighted by Gasteiger charge is -2.35. The SMILES string of the molecule is CC1(C)CON(Cc2ccccc2Cl)C1=O.CC1COc2ccccc2N1C(=O)C(Cl)Cl. The van der Waals surface area contributed by atoms with E-state index in [0.717, 1.165) is 11.3 Å². The number of hydroxylamine groups is 2. The summed E-state index contributed by atoms with van der Waals surface area (Å²) in [6.07, 6.45) is 0. The standard InChI is InChI=1S/C12H14ClNO2.C11H11Cl2NO2/c1-12(2)8-16-14(11(12)15)7-9-5-3-4-6-10(9)13;1-7-6-16-9-5-3-2-4-8(9)14(7)11(15)10(12)13/h3-6H,7-8H2,1-2H3;2-5,7,10H,6H2,1H3. The van der Waals surface area contributed by atoms with E-state index in [4.69, 9.17) is 44.4 Å². The lowest BCUT2D eigenvalue weighted by Crippen LogP contribution is -2.47. The van der Waals surface area contributed by atoms with E-state index in [2.05, 4.69) is 0 Å². The number of carbonyl (C=O) groups excluding carboxylic acids is 2. The monoisotopic (exact) mass is 498 g/mol. The highest BCUT2D eigenvalue weighted by Gasteiger charge is 2.40. The highest BCUT2D eigenvalue weighted by Crippen LogP contribution is 2.34. The van der Waals surface area contributed by atoms with Gasteiger partial charge in [-0.2, -0.15) is 0 Å². The van der Waals surface area contributed by atoms with Crippen molar-refractivity contribution in [2.75, 3.05) is 18.1 Å². The number of alkyl halides is 2. The molecule has 2 aromatic carbocycles. The van der Waals surface area contributed by atoms with Crippen molar-refractivity contribution in [3.8, 4) is 5.75 Å². The van der Waals surface area contributed by atoms with Crippen molar-refractivity contribution in [2.24, 2.45) is 5.41 Å². The fraction of sp³-hybridized carbons (Fsp3) is 0.391. The Labute approximate surface area is 202 Å². The lowest BCUT2D eigenvalue weighted by molar-refractivity contribution is -0.165. The zero-order valence-electron chi connectivity index (χ0n) is 18.1. The van der Waals surface area contributed by atoms with Crippen molar-refractivity contribution in [3.63, 3.8) is 0 Å². The van der Waals surface area contributed by atoms with Gasteiger partial charge in [-0.3, -0.25) is 14.4 Å². The zero-order chi connectivity index (χ0) is 23.5. The normalized spacial score (nSPS) is 19.2. The summed E-state index contributed by atoms with van der Waals surface area (Å²) in [5, 5.41) is 2.05. The minimum Gasteiger partial charge on any atom is -0.489 e. The minimum atomic E-state index is -1.05. The number of para-hydroxylation sites is 2. The molecule has 2 amide bonds. The quantitative estimate of drug-likeness (QED) is 0.542. The Kier molecular flexibility index (Phi) is 7.93. The molecular weight excluding hydrogens is 475 g/mol. The Balaban J connectivity index is 0.000000181. The van der Waals surface area contributed by atoms with Gasteiger partial charge in [-0.1, -0.05) is 65.1 Å². The molecule has 2 aromatic rings. The van der Waals surface area contributed by atoms with Crippen molar-refractivity contribution in [1.29, 1.82) is 0 Å². The number of anilines is 1. The molecule has 2 heterocycles. The predicted octanol–water partition coefficient (Wildman–Crippen LogP) is 5.24. The minimum absolute atomic E-state index is 0.00687. The molecule has 9 heteroatoms. The number of hydrogen-bond acceptors (Lipinski definition) is 4. The average Bonchev–Trinajstić information content (AvgIpc) is 3.02. The van der Waals surface area contributed by atoms with Crippen LogP contribution in [0.25, 0.3) is 0 Å². The Bertz CT molecular complexity index is 983. The van der Waals surface area contributed by atoms with E-state index in [9.17, 15) is 9.59 Å². The van der Waals surface area contributed by atoms with Gasteiger partial charge in [0.2, 0.25) is 0 Å². The number of halogens is 3. The molecule has 0 aromatic heterocycles. The molecule has 2 aliphatic rings. The first kappa shape index (κ1) is 24.6. The second kappa shape index (κ2) is 10.3. The number of rotatable bonds is 3. The van der Waals surface area contributed by atoms with E-state index in [0.29, 0.717) is 30.5 Å². The molecular formula is C23H25Cl3N2O4. The molecule has 0 spiro atoms. The van der Waals surface area contributed by atoms with E-state index < -0.39 is 10.3 Å². The van der Waals surface area contributed by atoms with Gasteiger partial charge in [0.15, 0.2) is 4.84 Å². The molecule has 1 fully saturated rings. The van der Waals surface area contributed by atoms with Crippen LogP contribution in [0.2, 0.25) is 5.02 Å². The van der Waals surface area contributed by atoms with Gasteiger partial charge in [0.25, 0.3) is 11.8 Å². The van der Waals surface area contributed by atoms with Crippen LogP contribution in [-0.4, -0.2) is 41.0 Å². The maximum absolute atomic E-state index is 11.9. The molecule has 172 valence electrons. The number of carbonyl (C=O) groups is 2. The van der Waals surface area contributed by atoms with Crippen LogP contribution in [0.3, 0.4) is 0 Å². The van der Waals surface area contributed by atoms with E-state index in [1.807, 2.05) is 69.3 Å². The van der Waals surface area contributed by atoms with Crippen molar-refractivity contribution >= 4 is 52.3 Å². The van der Waals surface area contributed by atoms with E-state index in [-0.39, 0.29) is 17.9 Å². The summed E-state index contributed by atoms with van der Waals surface area (Å²) in [5.74, 6) is 0.377. The first-order valence-corrected chi connectivity index (χ1v) is 11.4. The third-order valence-electron chi connectivity index (χ3n) is 5.13. The second-order valence-electron chi connectivity index (χ2n) is 8.23. The molecule has 0 saturated carbocycles. The topological polar surface area (TPSA) is 59.1 Å². The molecule has 0 bridgehead atoms. The van der Waals surface area contributed by atoms with Crippen LogP contribution >= 0.6 is 34.8 Å². The first-order chi connectivity index (χ1) is 15.1. The van der Waals surface area contributed by atoms with E-state index >= 15 is 0 Å². The summed E-state index contributed by atoms with van der Waals surface area (Å²) in [4.78, 5) is 29.7. The van der Waals surface area contributed by atoms with E-state index in [1.54, 1.807) is 4.90 Å². The Morgan fingerprint density at radius 1 is 1.16 bits per heavy atom. The smallest absolute Gasteiger partial charge is 0.260 e. The molecule has 2 aliphatic heterocycles. The summed E-state index contributed by atoms with van der Waals surface area (Å²) >= 11 is 17.3. The highest BCUT2D eigenvalue weighted by atomic mass is 35.5. The van der Waals surface area contributed by atoms with Crippen LogP contribution in [0.15, 0.2) is 48.5 Å². The van der Waals surface area contributed by atoms with Gasteiger partial charge >= 0.3 is 0 Å². The number of hydrogen-bond donors (Lipinski definition) is 0. The number of ether oxygens (including phenoxy) is 1. The average molecular weight is 500 g/mol. The molecule has 6 nitrogen and oxygen atoms in total. The number of amides is 2. The molecule has 1 atom stereocenters. The maximum atomic E-state index is 11.9. The van der Waals surface area contributed by atoms with Crippen LogP contribution in [0, 0.1) is 5.41 Å². The van der Waals surface area contributed by atoms with Gasteiger partial charge in [-0.15, -0.1) is 0 Å². The van der Waals surface area contributed by atoms with Gasteiger partial charge in [0.1, 0.15) is 12.4 Å². The van der Waals surface area contributed by atoms with Crippen molar-refractivity contribution in [3.05, 3.63) is 59.1 Å². The van der Waals surface area contributed by atoms with Crippen LogP contribution < -0.4 is 9.64 Å². The van der Waals surface area contributed by atoms with Crippen molar-refractivity contribution < 1.29 is 19.2 Å². The fourth-order valence-electron chi connectivity index (χ4n) is 3.34. The Morgan fingerprint density at radius 3 is 2.44 bits per heavy atom. The third kappa shape index (κ3) is 5.49. The summed E-state index contributed by atoms with van der Waals surface area (Å²) in [6.45, 7) is 6.93.